The number of alkyl carbamates (subject to hydrolysis) is 1. The van der Waals surface area contributed by atoms with Gasteiger partial charge >= 0.3 is 12.1 Å². The number of ether oxygens (including phenoxy) is 3. The van der Waals surface area contributed by atoms with Crippen LogP contribution in [-0.2, 0) is 30.4 Å². The summed E-state index contributed by atoms with van der Waals surface area (Å²) in [6, 6.07) is 5.74. The highest BCUT2D eigenvalue weighted by Crippen LogP contribution is 2.28. The Kier molecular flexibility index (Phi) is 13.8. The first-order chi connectivity index (χ1) is 19.9. The summed E-state index contributed by atoms with van der Waals surface area (Å²) in [5, 5.41) is 5.49. The molecule has 1 aromatic rings. The molecule has 0 radical (unpaired) electrons. The molecule has 0 spiro atoms. The fraction of sp³-hybridized carbons (Fsp3) is 0.677. The fourth-order valence-electron chi connectivity index (χ4n) is 5.49. The summed E-state index contributed by atoms with van der Waals surface area (Å²) in [6.07, 6.45) is 9.23. The molecule has 1 fully saturated rings. The molecule has 1 aliphatic heterocycles. The second-order valence-corrected chi connectivity index (χ2v) is 11.0. The van der Waals surface area contributed by atoms with E-state index in [2.05, 4.69) is 17.6 Å². The number of carbonyl (C=O) groups is 4. The van der Waals surface area contributed by atoms with E-state index in [0.717, 1.165) is 62.7 Å². The van der Waals surface area contributed by atoms with E-state index in [-0.39, 0.29) is 18.7 Å². The van der Waals surface area contributed by atoms with E-state index in [0.29, 0.717) is 38.6 Å². The molecule has 10 heteroatoms. The maximum atomic E-state index is 13.4. The predicted octanol–water partition coefficient (Wildman–Crippen LogP) is 4.49. The van der Waals surface area contributed by atoms with Gasteiger partial charge in [0.15, 0.2) is 0 Å². The van der Waals surface area contributed by atoms with Gasteiger partial charge < -0.3 is 29.7 Å². The number of carbonyl (C=O) groups excluding carboxylic acids is 4. The molecule has 41 heavy (non-hydrogen) atoms. The van der Waals surface area contributed by atoms with Gasteiger partial charge in [-0.05, 0) is 31.2 Å². The van der Waals surface area contributed by atoms with E-state index in [4.69, 9.17) is 14.2 Å². The van der Waals surface area contributed by atoms with E-state index >= 15 is 0 Å². The normalized spacial score (nSPS) is 16.8. The summed E-state index contributed by atoms with van der Waals surface area (Å²) >= 11 is 0. The lowest BCUT2D eigenvalue weighted by molar-refractivity contribution is -0.146. The van der Waals surface area contributed by atoms with Gasteiger partial charge in [-0.3, -0.25) is 9.59 Å². The fourth-order valence-corrected chi connectivity index (χ4v) is 5.49. The average molecular weight is 574 g/mol. The molecule has 1 aliphatic carbocycles. The molecule has 3 amide bonds. The number of hydrogen-bond acceptors (Lipinski definition) is 7. The van der Waals surface area contributed by atoms with Crippen LogP contribution in [0.2, 0.25) is 0 Å². The Morgan fingerprint density at radius 2 is 1.80 bits per heavy atom. The van der Waals surface area contributed by atoms with Crippen LogP contribution in [0, 0.1) is 5.92 Å². The second kappa shape index (κ2) is 17.5. The molecule has 228 valence electrons. The molecule has 3 rings (SSSR count). The summed E-state index contributed by atoms with van der Waals surface area (Å²) in [4.78, 5) is 53.4. The minimum atomic E-state index is -1.02. The summed E-state index contributed by atoms with van der Waals surface area (Å²) < 4.78 is 16.0. The summed E-state index contributed by atoms with van der Waals surface area (Å²) in [6.45, 7) is 3.63. The molecule has 1 saturated carbocycles. The molecule has 0 saturated heterocycles. The molecule has 1 heterocycles. The molecule has 1 aromatic carbocycles. The summed E-state index contributed by atoms with van der Waals surface area (Å²) in [5.74, 6) is -0.185. The van der Waals surface area contributed by atoms with Gasteiger partial charge in [0.1, 0.15) is 24.4 Å². The van der Waals surface area contributed by atoms with Crippen LogP contribution in [0.15, 0.2) is 24.3 Å². The van der Waals surface area contributed by atoms with Crippen molar-refractivity contribution in [3.8, 4) is 5.75 Å². The van der Waals surface area contributed by atoms with Crippen LogP contribution in [0.1, 0.15) is 89.5 Å². The highest BCUT2D eigenvalue weighted by Gasteiger charge is 2.31. The second-order valence-electron chi connectivity index (χ2n) is 11.0. The van der Waals surface area contributed by atoms with Crippen molar-refractivity contribution >= 4 is 23.9 Å². The van der Waals surface area contributed by atoms with Gasteiger partial charge in [-0.15, -0.1) is 0 Å². The molecular weight excluding hydrogens is 526 g/mol. The number of esters is 1. The Bertz CT molecular complexity index is 996. The van der Waals surface area contributed by atoms with E-state index < -0.39 is 30.1 Å². The molecule has 0 unspecified atom stereocenters. The van der Waals surface area contributed by atoms with E-state index in [9.17, 15) is 19.2 Å². The zero-order valence-corrected chi connectivity index (χ0v) is 24.7. The van der Waals surface area contributed by atoms with Crippen molar-refractivity contribution in [2.45, 2.75) is 103 Å². The standard InChI is InChI=1S/C31H47N3O7/c1-3-4-5-11-19-41-31(38)33-26(21-23-12-7-6-8-13-23)29(36)32-25(30(37)39-2)16-17-28(35)34-18-20-40-27-15-10-9-14-24(27)22-34/h9-10,14-15,23,25-26H,3-8,11-13,16-22H2,1-2H3,(H,32,36)(H,33,38)/t25-,26-/m0/s1. The number of methoxy groups -OCH3 is 1. The van der Waals surface area contributed by atoms with E-state index in [1.807, 2.05) is 24.3 Å². The SMILES string of the molecule is CCCCCCOC(=O)N[C@@H](CC1CCCCC1)C(=O)N[C@@H](CCC(=O)N1CCOc2ccccc2C1)C(=O)OC. The van der Waals surface area contributed by atoms with Crippen molar-refractivity contribution in [1.82, 2.24) is 15.5 Å². The number of para-hydroxylation sites is 1. The van der Waals surface area contributed by atoms with Crippen molar-refractivity contribution in [2.24, 2.45) is 5.92 Å². The monoisotopic (exact) mass is 573 g/mol. The van der Waals surface area contributed by atoms with E-state index in [1.54, 1.807) is 4.90 Å². The van der Waals surface area contributed by atoms with Crippen LogP contribution in [0.5, 0.6) is 5.75 Å². The van der Waals surface area contributed by atoms with Crippen LogP contribution < -0.4 is 15.4 Å². The van der Waals surface area contributed by atoms with Gasteiger partial charge in [-0.25, -0.2) is 9.59 Å². The minimum absolute atomic E-state index is 0.0444. The van der Waals surface area contributed by atoms with Gasteiger partial charge in [0.25, 0.3) is 0 Å². The molecule has 0 aromatic heterocycles. The number of amides is 3. The van der Waals surface area contributed by atoms with Crippen LogP contribution in [0.3, 0.4) is 0 Å². The number of nitrogens with one attached hydrogen (secondary N) is 2. The lowest BCUT2D eigenvalue weighted by Crippen LogP contribution is -2.52. The van der Waals surface area contributed by atoms with Crippen LogP contribution >= 0.6 is 0 Å². The lowest BCUT2D eigenvalue weighted by Gasteiger charge is -2.28. The first kappa shape index (κ1) is 32.2. The van der Waals surface area contributed by atoms with Gasteiger partial charge in [0.05, 0.1) is 20.3 Å². The van der Waals surface area contributed by atoms with Gasteiger partial charge in [0, 0.05) is 18.5 Å². The molecule has 2 N–H and O–H groups in total. The summed E-state index contributed by atoms with van der Waals surface area (Å²) in [7, 11) is 1.25. The zero-order chi connectivity index (χ0) is 29.5. The lowest BCUT2D eigenvalue weighted by atomic mass is 9.84. The molecule has 0 bridgehead atoms. The quantitative estimate of drug-likeness (QED) is 0.248. The Labute approximate surface area is 243 Å². The number of benzene rings is 1. The number of unbranched alkanes of at least 4 members (excludes halogenated alkanes) is 3. The smallest absolute Gasteiger partial charge is 0.407 e. The molecular formula is C31H47N3O7. The first-order valence-corrected chi connectivity index (χ1v) is 15.2. The topological polar surface area (TPSA) is 123 Å². The van der Waals surface area contributed by atoms with Crippen molar-refractivity contribution in [3.05, 3.63) is 29.8 Å². The highest BCUT2D eigenvalue weighted by molar-refractivity contribution is 5.90. The number of rotatable bonds is 14. The Balaban J connectivity index is 1.59. The number of fused-ring (bicyclic) bond motifs is 1. The zero-order valence-electron chi connectivity index (χ0n) is 24.7. The largest absolute Gasteiger partial charge is 0.491 e. The average Bonchev–Trinajstić information content (AvgIpc) is 3.21. The maximum Gasteiger partial charge on any atom is 0.407 e. The van der Waals surface area contributed by atoms with Crippen molar-refractivity contribution < 1.29 is 33.4 Å². The van der Waals surface area contributed by atoms with Gasteiger partial charge in [-0.2, -0.15) is 0 Å². The molecule has 2 atom stereocenters. The van der Waals surface area contributed by atoms with Crippen molar-refractivity contribution in [3.63, 3.8) is 0 Å². The van der Waals surface area contributed by atoms with E-state index in [1.165, 1.54) is 13.5 Å². The predicted molar refractivity (Wildman–Crippen MR) is 154 cm³/mol. The third-order valence-electron chi connectivity index (χ3n) is 7.89. The van der Waals surface area contributed by atoms with Crippen LogP contribution in [0.25, 0.3) is 0 Å². The Hall–Kier alpha value is -3.30. The third kappa shape index (κ3) is 10.9. The van der Waals surface area contributed by atoms with Crippen LogP contribution in [-0.4, -0.2) is 67.7 Å². The Morgan fingerprint density at radius 3 is 2.56 bits per heavy atom. The third-order valence-corrected chi connectivity index (χ3v) is 7.89. The van der Waals surface area contributed by atoms with Crippen LogP contribution in [0.4, 0.5) is 4.79 Å². The number of nitrogens with zero attached hydrogens (tertiary/aromatic N) is 1. The van der Waals surface area contributed by atoms with Gasteiger partial charge in [0.2, 0.25) is 11.8 Å². The Morgan fingerprint density at radius 1 is 1.02 bits per heavy atom. The molecule has 2 aliphatic rings. The molecule has 10 nitrogen and oxygen atoms in total. The first-order valence-electron chi connectivity index (χ1n) is 15.2. The van der Waals surface area contributed by atoms with Crippen molar-refractivity contribution in [1.29, 1.82) is 0 Å². The maximum absolute atomic E-state index is 13.4. The van der Waals surface area contributed by atoms with Crippen molar-refractivity contribution in [2.75, 3.05) is 26.9 Å². The summed E-state index contributed by atoms with van der Waals surface area (Å²) in [5.41, 5.74) is 0.921. The minimum Gasteiger partial charge on any atom is -0.491 e. The number of hydrogen-bond donors (Lipinski definition) is 2. The van der Waals surface area contributed by atoms with Gasteiger partial charge in [-0.1, -0.05) is 76.5 Å². The highest BCUT2D eigenvalue weighted by atomic mass is 16.5.